The zero-order valence-electron chi connectivity index (χ0n) is 7.19. The van der Waals surface area contributed by atoms with Gasteiger partial charge in [-0.25, -0.2) is 9.00 Å². The minimum atomic E-state index is -2.15. The fourth-order valence-corrected chi connectivity index (χ4v) is 1.68. The molecule has 0 saturated heterocycles. The molecular weight excluding hydrogens is 228 g/mol. The van der Waals surface area contributed by atoms with E-state index in [1.165, 1.54) is 25.3 Å². The van der Waals surface area contributed by atoms with Gasteiger partial charge in [0, 0.05) is 0 Å². The van der Waals surface area contributed by atoms with Crippen molar-refractivity contribution in [2.24, 2.45) is 0 Å². The number of carbonyl (C=O) groups excluding carboxylic acids is 1. The predicted octanol–water partition coefficient (Wildman–Crippen LogP) is 1.71. The number of hydrogen-bond donors (Lipinski definition) is 1. The largest absolute Gasteiger partial charge is 0.465 e. The topological polar surface area (TPSA) is 63.6 Å². The third-order valence-electron chi connectivity index (χ3n) is 1.54. The molecule has 1 aromatic carbocycles. The van der Waals surface area contributed by atoms with Crippen molar-refractivity contribution in [1.29, 1.82) is 0 Å². The van der Waals surface area contributed by atoms with E-state index in [1.807, 2.05) is 0 Å². The van der Waals surface area contributed by atoms with Crippen molar-refractivity contribution in [3.05, 3.63) is 28.8 Å². The lowest BCUT2D eigenvalue weighted by Gasteiger charge is -2.02. The molecule has 0 aliphatic carbocycles. The minimum Gasteiger partial charge on any atom is -0.465 e. The highest BCUT2D eigenvalue weighted by molar-refractivity contribution is 7.79. The number of halogens is 1. The second-order valence-corrected chi connectivity index (χ2v) is 3.73. The molecule has 1 unspecified atom stereocenters. The maximum atomic E-state index is 11.0. The highest BCUT2D eigenvalue weighted by Crippen LogP contribution is 2.20. The van der Waals surface area contributed by atoms with Gasteiger partial charge in [0.05, 0.1) is 22.6 Å². The highest BCUT2D eigenvalue weighted by Gasteiger charge is 2.11. The minimum absolute atomic E-state index is 0.0636. The molecule has 1 N–H and O–H groups in total. The van der Waals surface area contributed by atoms with Crippen molar-refractivity contribution in [1.82, 2.24) is 0 Å². The van der Waals surface area contributed by atoms with Crippen LogP contribution in [0, 0.1) is 0 Å². The Labute approximate surface area is 88.1 Å². The van der Waals surface area contributed by atoms with Crippen molar-refractivity contribution in [3.8, 4) is 0 Å². The Kier molecular flexibility index (Phi) is 3.62. The number of ether oxygens (including phenoxy) is 1. The molecule has 14 heavy (non-hydrogen) atoms. The van der Waals surface area contributed by atoms with Gasteiger partial charge in [-0.3, -0.25) is 0 Å². The lowest BCUT2D eigenvalue weighted by Crippen LogP contribution is -2.01. The van der Waals surface area contributed by atoms with Gasteiger partial charge in [0.1, 0.15) is 0 Å². The van der Waals surface area contributed by atoms with Gasteiger partial charge in [-0.1, -0.05) is 11.6 Å². The summed E-state index contributed by atoms with van der Waals surface area (Å²) in [4.78, 5) is 11.1. The van der Waals surface area contributed by atoms with E-state index in [1.54, 1.807) is 0 Å². The van der Waals surface area contributed by atoms with Crippen molar-refractivity contribution in [2.75, 3.05) is 7.11 Å². The van der Waals surface area contributed by atoms with Crippen molar-refractivity contribution in [2.45, 2.75) is 4.90 Å². The first-order chi connectivity index (χ1) is 6.56. The number of carbonyl (C=O) groups is 1. The molecule has 6 heteroatoms. The zero-order valence-corrected chi connectivity index (χ0v) is 8.76. The fourth-order valence-electron chi connectivity index (χ4n) is 0.887. The summed E-state index contributed by atoms with van der Waals surface area (Å²) in [5.41, 5.74) is 0.242. The Morgan fingerprint density at radius 2 is 2.21 bits per heavy atom. The lowest BCUT2D eigenvalue weighted by atomic mass is 10.2. The van der Waals surface area contributed by atoms with Crippen LogP contribution in [0.2, 0.25) is 5.02 Å². The molecule has 0 bridgehead atoms. The average molecular weight is 235 g/mol. The third kappa shape index (κ3) is 2.31. The molecule has 1 atom stereocenters. The van der Waals surface area contributed by atoms with E-state index in [9.17, 15) is 9.00 Å². The van der Waals surface area contributed by atoms with Crippen LogP contribution in [0.3, 0.4) is 0 Å². The summed E-state index contributed by atoms with van der Waals surface area (Å²) in [5, 5.41) is 0.0636. The van der Waals surface area contributed by atoms with E-state index in [4.69, 9.17) is 16.2 Å². The van der Waals surface area contributed by atoms with Crippen molar-refractivity contribution in [3.63, 3.8) is 0 Å². The van der Waals surface area contributed by atoms with Gasteiger partial charge in [-0.2, -0.15) is 0 Å². The molecule has 0 saturated carbocycles. The molecule has 0 aromatic heterocycles. The van der Waals surface area contributed by atoms with Crippen LogP contribution in [0.5, 0.6) is 0 Å². The fraction of sp³-hybridized carbons (Fsp3) is 0.125. The number of methoxy groups -OCH3 is 1. The van der Waals surface area contributed by atoms with Gasteiger partial charge in [0.25, 0.3) is 0 Å². The molecule has 76 valence electrons. The predicted molar refractivity (Wildman–Crippen MR) is 51.8 cm³/mol. The summed E-state index contributed by atoms with van der Waals surface area (Å²) in [7, 11) is 1.24. The van der Waals surface area contributed by atoms with E-state index in [2.05, 4.69) is 4.74 Å². The van der Waals surface area contributed by atoms with Crippen LogP contribution in [0.25, 0.3) is 0 Å². The maximum absolute atomic E-state index is 11.0. The van der Waals surface area contributed by atoms with E-state index in [-0.39, 0.29) is 15.5 Å². The monoisotopic (exact) mass is 234 g/mol. The maximum Gasteiger partial charge on any atom is 0.337 e. The highest BCUT2D eigenvalue weighted by atomic mass is 35.5. The Morgan fingerprint density at radius 3 is 2.64 bits per heavy atom. The summed E-state index contributed by atoms with van der Waals surface area (Å²) < 4.78 is 23.9. The molecule has 4 nitrogen and oxygen atoms in total. The molecular formula is C8H7ClO4S. The molecule has 0 aliphatic rings. The van der Waals surface area contributed by atoms with Crippen LogP contribution < -0.4 is 0 Å². The van der Waals surface area contributed by atoms with Crippen molar-refractivity contribution >= 4 is 28.7 Å². The third-order valence-corrected chi connectivity index (χ3v) is 2.70. The van der Waals surface area contributed by atoms with E-state index in [0.717, 1.165) is 0 Å². The van der Waals surface area contributed by atoms with E-state index < -0.39 is 17.0 Å². The number of benzene rings is 1. The van der Waals surface area contributed by atoms with E-state index >= 15 is 0 Å². The molecule has 0 radical (unpaired) electrons. The smallest absolute Gasteiger partial charge is 0.337 e. The normalized spacial score (nSPS) is 12.2. The summed E-state index contributed by atoms with van der Waals surface area (Å²) >= 11 is 3.52. The number of esters is 1. The van der Waals surface area contributed by atoms with Crippen molar-refractivity contribution < 1.29 is 18.3 Å². The molecule has 0 heterocycles. The Morgan fingerprint density at radius 1 is 1.57 bits per heavy atom. The van der Waals surface area contributed by atoms with Gasteiger partial charge in [-0.05, 0) is 18.2 Å². The summed E-state index contributed by atoms with van der Waals surface area (Å²) in [6.07, 6.45) is 0. The molecule has 0 fully saturated rings. The first-order valence-corrected chi connectivity index (χ1v) is 5.03. The second-order valence-electron chi connectivity index (χ2n) is 2.39. The second kappa shape index (κ2) is 4.54. The Hall–Kier alpha value is -0.910. The summed E-state index contributed by atoms with van der Waals surface area (Å²) in [6.45, 7) is 0. The summed E-state index contributed by atoms with van der Waals surface area (Å²) in [6, 6.07) is 3.97. The lowest BCUT2D eigenvalue weighted by molar-refractivity contribution is 0.0600. The van der Waals surface area contributed by atoms with Crippen LogP contribution in [-0.2, 0) is 15.8 Å². The van der Waals surface area contributed by atoms with Crippen LogP contribution in [0.15, 0.2) is 23.1 Å². The average Bonchev–Trinajstić information content (AvgIpc) is 2.15. The molecule has 0 spiro atoms. The van der Waals surface area contributed by atoms with Gasteiger partial charge >= 0.3 is 5.97 Å². The molecule has 0 amide bonds. The standard InChI is InChI=1S/C8H7ClO4S/c1-13-8(10)5-2-3-7(14(11)12)6(9)4-5/h2-4H,1H3,(H,11,12). The number of rotatable bonds is 2. The zero-order chi connectivity index (χ0) is 10.7. The summed E-state index contributed by atoms with van der Waals surface area (Å²) in [5.74, 6) is -0.540. The Balaban J connectivity index is 3.12. The first kappa shape index (κ1) is 11.2. The molecule has 0 aliphatic heterocycles. The van der Waals surface area contributed by atoms with Gasteiger partial charge in [-0.15, -0.1) is 0 Å². The molecule has 1 aromatic rings. The van der Waals surface area contributed by atoms with Gasteiger partial charge < -0.3 is 9.29 Å². The van der Waals surface area contributed by atoms with Crippen LogP contribution in [-0.4, -0.2) is 21.8 Å². The Bertz CT molecular complexity index is 391. The van der Waals surface area contributed by atoms with E-state index in [0.29, 0.717) is 0 Å². The van der Waals surface area contributed by atoms with Crippen LogP contribution in [0.4, 0.5) is 0 Å². The first-order valence-electron chi connectivity index (χ1n) is 3.55. The quantitative estimate of drug-likeness (QED) is 0.625. The SMILES string of the molecule is COC(=O)c1ccc(S(=O)O)c(Cl)c1. The molecule has 1 rings (SSSR count). The van der Waals surface area contributed by atoms with Crippen LogP contribution >= 0.6 is 11.6 Å². The van der Waals surface area contributed by atoms with Crippen LogP contribution in [0.1, 0.15) is 10.4 Å². The van der Waals surface area contributed by atoms with Gasteiger partial charge in [0.2, 0.25) is 0 Å². The number of hydrogen-bond acceptors (Lipinski definition) is 3. The van der Waals surface area contributed by atoms with Gasteiger partial charge in [0.15, 0.2) is 11.1 Å².